The number of benzene rings is 2. The lowest BCUT2D eigenvalue weighted by atomic mass is 10.1. The maximum Gasteiger partial charge on any atom is 0.257 e. The first-order valence-electron chi connectivity index (χ1n) is 6.95. The normalized spacial score (nSPS) is 10.3. The van der Waals surface area contributed by atoms with Gasteiger partial charge in [0.2, 0.25) is 0 Å². The van der Waals surface area contributed by atoms with Gasteiger partial charge in [-0.05, 0) is 58.6 Å². The molecular weight excluding hydrogens is 349 g/mol. The highest BCUT2D eigenvalue weighted by atomic mass is 79.9. The van der Waals surface area contributed by atoms with Crippen molar-refractivity contribution in [2.75, 3.05) is 13.2 Å². The van der Waals surface area contributed by atoms with Crippen LogP contribution in [0.5, 0.6) is 5.75 Å². The lowest BCUT2D eigenvalue weighted by molar-refractivity contribution is -0.123. The van der Waals surface area contributed by atoms with Gasteiger partial charge in [-0.25, -0.2) is 4.39 Å². The molecule has 0 saturated carbocycles. The summed E-state index contributed by atoms with van der Waals surface area (Å²) in [6.45, 7) is 2.28. The second-order valence-electron chi connectivity index (χ2n) is 4.91. The Kier molecular flexibility index (Phi) is 5.95. The number of ether oxygens (including phenoxy) is 1. The van der Waals surface area contributed by atoms with Crippen LogP contribution in [0, 0.1) is 12.7 Å². The summed E-state index contributed by atoms with van der Waals surface area (Å²) in [6.07, 6.45) is 0.451. The summed E-state index contributed by atoms with van der Waals surface area (Å²) >= 11 is 3.39. The minimum atomic E-state index is -0.253. The number of amides is 1. The predicted molar refractivity (Wildman–Crippen MR) is 87.5 cm³/mol. The average molecular weight is 366 g/mol. The molecule has 0 fully saturated rings. The van der Waals surface area contributed by atoms with Crippen molar-refractivity contribution in [3.63, 3.8) is 0 Å². The summed E-state index contributed by atoms with van der Waals surface area (Å²) in [4.78, 5) is 11.7. The van der Waals surface area contributed by atoms with E-state index < -0.39 is 0 Å². The number of hydrogen-bond acceptors (Lipinski definition) is 2. The molecule has 0 aromatic heterocycles. The summed E-state index contributed by atoms with van der Waals surface area (Å²) in [5.74, 6) is 0.134. The van der Waals surface area contributed by atoms with Crippen molar-refractivity contribution >= 4 is 21.8 Å². The fourth-order valence-electron chi connectivity index (χ4n) is 1.95. The Hall–Kier alpha value is -1.88. The Morgan fingerprint density at radius 3 is 2.77 bits per heavy atom. The number of halogens is 2. The first-order valence-corrected chi connectivity index (χ1v) is 7.74. The van der Waals surface area contributed by atoms with E-state index in [0.717, 1.165) is 10.0 Å². The van der Waals surface area contributed by atoms with Crippen LogP contribution in [0.1, 0.15) is 11.1 Å². The zero-order valence-corrected chi connectivity index (χ0v) is 13.8. The molecule has 2 rings (SSSR count). The molecule has 22 heavy (non-hydrogen) atoms. The molecule has 0 atom stereocenters. The van der Waals surface area contributed by atoms with Crippen LogP contribution in [-0.2, 0) is 11.2 Å². The Balaban J connectivity index is 1.75. The molecule has 1 amide bonds. The average Bonchev–Trinajstić information content (AvgIpc) is 2.48. The van der Waals surface area contributed by atoms with Crippen molar-refractivity contribution in [1.29, 1.82) is 0 Å². The molecule has 0 aliphatic carbocycles. The molecule has 0 saturated heterocycles. The summed E-state index contributed by atoms with van der Waals surface area (Å²) in [7, 11) is 0. The molecule has 5 heteroatoms. The minimum Gasteiger partial charge on any atom is -0.483 e. The Morgan fingerprint density at radius 2 is 2.05 bits per heavy atom. The van der Waals surface area contributed by atoms with Crippen molar-refractivity contribution in [2.45, 2.75) is 13.3 Å². The first kappa shape index (κ1) is 16.5. The zero-order valence-electron chi connectivity index (χ0n) is 12.2. The van der Waals surface area contributed by atoms with Crippen LogP contribution in [-0.4, -0.2) is 19.1 Å². The third kappa shape index (κ3) is 4.84. The number of rotatable bonds is 6. The molecule has 0 unspecified atom stereocenters. The first-order chi connectivity index (χ1) is 10.6. The van der Waals surface area contributed by atoms with E-state index in [0.29, 0.717) is 24.3 Å². The quantitative estimate of drug-likeness (QED) is 0.848. The SMILES string of the molecule is Cc1ccc(OCC(=O)NCCc2ccccc2F)c(Br)c1. The largest absolute Gasteiger partial charge is 0.483 e. The lowest BCUT2D eigenvalue weighted by Crippen LogP contribution is -2.30. The number of nitrogens with one attached hydrogen (secondary N) is 1. The molecule has 0 aliphatic rings. The summed E-state index contributed by atoms with van der Waals surface area (Å²) in [5.41, 5.74) is 1.69. The minimum absolute atomic E-state index is 0.0705. The van der Waals surface area contributed by atoms with Gasteiger partial charge in [-0.15, -0.1) is 0 Å². The molecule has 0 bridgehead atoms. The van der Waals surface area contributed by atoms with E-state index in [-0.39, 0.29) is 18.3 Å². The Morgan fingerprint density at radius 1 is 1.27 bits per heavy atom. The van der Waals surface area contributed by atoms with Gasteiger partial charge in [0.25, 0.3) is 5.91 Å². The molecular formula is C17H17BrFNO2. The molecule has 1 N–H and O–H groups in total. The highest BCUT2D eigenvalue weighted by Crippen LogP contribution is 2.25. The van der Waals surface area contributed by atoms with Gasteiger partial charge in [-0.1, -0.05) is 24.3 Å². The Bertz CT molecular complexity index is 661. The monoisotopic (exact) mass is 365 g/mol. The number of carbonyl (C=O) groups is 1. The van der Waals surface area contributed by atoms with Crippen LogP contribution in [0.3, 0.4) is 0 Å². The van der Waals surface area contributed by atoms with Crippen molar-refractivity contribution in [2.24, 2.45) is 0 Å². The number of hydrogen-bond donors (Lipinski definition) is 1. The molecule has 3 nitrogen and oxygen atoms in total. The smallest absolute Gasteiger partial charge is 0.257 e. The maximum absolute atomic E-state index is 13.4. The van der Waals surface area contributed by atoms with Crippen molar-refractivity contribution in [1.82, 2.24) is 5.32 Å². The Labute approximate surface area is 137 Å². The summed E-state index contributed by atoms with van der Waals surface area (Å²) in [5, 5.41) is 2.71. The second-order valence-corrected chi connectivity index (χ2v) is 5.77. The molecule has 0 aliphatic heterocycles. The van der Waals surface area contributed by atoms with Crippen molar-refractivity contribution < 1.29 is 13.9 Å². The fraction of sp³-hybridized carbons (Fsp3) is 0.235. The molecule has 2 aromatic rings. The molecule has 0 spiro atoms. The van der Waals surface area contributed by atoms with Gasteiger partial charge in [0, 0.05) is 6.54 Å². The van der Waals surface area contributed by atoms with E-state index in [1.165, 1.54) is 6.07 Å². The van der Waals surface area contributed by atoms with Gasteiger partial charge in [0.15, 0.2) is 6.61 Å². The zero-order chi connectivity index (χ0) is 15.9. The third-order valence-electron chi connectivity index (χ3n) is 3.12. The summed E-state index contributed by atoms with van der Waals surface area (Å²) in [6, 6.07) is 12.2. The highest BCUT2D eigenvalue weighted by Gasteiger charge is 2.06. The van der Waals surface area contributed by atoms with Crippen LogP contribution < -0.4 is 10.1 Å². The van der Waals surface area contributed by atoms with Crippen LogP contribution in [0.25, 0.3) is 0 Å². The van der Waals surface area contributed by atoms with E-state index in [1.807, 2.05) is 25.1 Å². The van der Waals surface area contributed by atoms with Gasteiger partial charge < -0.3 is 10.1 Å². The van der Waals surface area contributed by atoms with E-state index in [9.17, 15) is 9.18 Å². The molecule has 0 heterocycles. The standard InChI is InChI=1S/C17H17BrFNO2/c1-12-6-7-16(14(18)10-12)22-11-17(21)20-9-8-13-4-2-3-5-15(13)19/h2-7,10H,8-9,11H2,1H3,(H,20,21). The molecule has 2 aromatic carbocycles. The predicted octanol–water partition coefficient (Wildman–Crippen LogP) is 3.63. The van der Waals surface area contributed by atoms with Gasteiger partial charge in [-0.3, -0.25) is 4.79 Å². The molecule has 116 valence electrons. The van der Waals surface area contributed by atoms with Gasteiger partial charge >= 0.3 is 0 Å². The van der Waals surface area contributed by atoms with E-state index in [1.54, 1.807) is 18.2 Å². The van der Waals surface area contributed by atoms with Crippen LogP contribution >= 0.6 is 15.9 Å². The second kappa shape index (κ2) is 7.94. The fourth-order valence-corrected chi connectivity index (χ4v) is 2.56. The highest BCUT2D eigenvalue weighted by molar-refractivity contribution is 9.10. The maximum atomic E-state index is 13.4. The third-order valence-corrected chi connectivity index (χ3v) is 3.74. The van der Waals surface area contributed by atoms with E-state index in [4.69, 9.17) is 4.74 Å². The summed E-state index contributed by atoms with van der Waals surface area (Å²) < 4.78 is 19.7. The van der Waals surface area contributed by atoms with Gasteiger partial charge in [0.05, 0.1) is 4.47 Å². The van der Waals surface area contributed by atoms with Gasteiger partial charge in [-0.2, -0.15) is 0 Å². The van der Waals surface area contributed by atoms with Crippen molar-refractivity contribution in [3.8, 4) is 5.75 Å². The molecule has 0 radical (unpaired) electrons. The lowest BCUT2D eigenvalue weighted by Gasteiger charge is -2.09. The van der Waals surface area contributed by atoms with Crippen LogP contribution in [0.15, 0.2) is 46.9 Å². The topological polar surface area (TPSA) is 38.3 Å². The van der Waals surface area contributed by atoms with Gasteiger partial charge in [0.1, 0.15) is 11.6 Å². The van der Waals surface area contributed by atoms with E-state index in [2.05, 4.69) is 21.2 Å². The number of carbonyl (C=O) groups excluding carboxylic acids is 1. The van der Waals surface area contributed by atoms with E-state index >= 15 is 0 Å². The van der Waals surface area contributed by atoms with Crippen LogP contribution in [0.4, 0.5) is 4.39 Å². The van der Waals surface area contributed by atoms with Crippen LogP contribution in [0.2, 0.25) is 0 Å². The van der Waals surface area contributed by atoms with Crippen molar-refractivity contribution in [3.05, 3.63) is 63.9 Å². The number of aryl methyl sites for hydroxylation is 1.